The quantitative estimate of drug-likeness (QED) is 0.642. The van der Waals surface area contributed by atoms with Gasteiger partial charge >= 0.3 is 0 Å². The van der Waals surface area contributed by atoms with Gasteiger partial charge in [0, 0.05) is 48.7 Å². The van der Waals surface area contributed by atoms with Crippen molar-refractivity contribution in [3.05, 3.63) is 39.3 Å². The molecule has 0 amide bonds. The summed E-state index contributed by atoms with van der Waals surface area (Å²) in [6.45, 7) is 11.0. The Morgan fingerprint density at radius 2 is 2.17 bits per heavy atom. The Balaban J connectivity index is 2.12. The summed E-state index contributed by atoms with van der Waals surface area (Å²) in [4.78, 5) is 9.58. The van der Waals surface area contributed by atoms with Crippen molar-refractivity contribution in [2.24, 2.45) is 12.0 Å². The molecular formula is C18H29N5S. The number of guanidine groups is 1. The van der Waals surface area contributed by atoms with Gasteiger partial charge in [-0.2, -0.15) is 5.10 Å². The van der Waals surface area contributed by atoms with E-state index < -0.39 is 0 Å². The lowest BCUT2D eigenvalue weighted by Gasteiger charge is -2.22. The fourth-order valence-electron chi connectivity index (χ4n) is 2.69. The fraction of sp³-hybridized carbons (Fsp3) is 0.556. The summed E-state index contributed by atoms with van der Waals surface area (Å²) in [5, 5.41) is 7.98. The highest BCUT2D eigenvalue weighted by molar-refractivity contribution is 7.11. The van der Waals surface area contributed by atoms with Crippen molar-refractivity contribution >= 4 is 17.3 Å². The molecule has 0 unspecified atom stereocenters. The zero-order valence-electron chi connectivity index (χ0n) is 15.6. The maximum atomic E-state index is 4.79. The minimum atomic E-state index is 0.420. The Kier molecular flexibility index (Phi) is 6.43. The van der Waals surface area contributed by atoms with Gasteiger partial charge in [0.2, 0.25) is 0 Å². The molecule has 1 N–H and O–H groups in total. The number of thiophene rings is 1. The topological polar surface area (TPSA) is 45.5 Å². The number of nitrogens with zero attached hydrogens (tertiary/aromatic N) is 4. The monoisotopic (exact) mass is 347 g/mol. The molecule has 0 aliphatic rings. The molecule has 0 aliphatic heterocycles. The first-order valence-corrected chi connectivity index (χ1v) is 9.29. The number of hydrogen-bond donors (Lipinski definition) is 1. The van der Waals surface area contributed by atoms with Crippen LogP contribution < -0.4 is 5.32 Å². The molecule has 2 heterocycles. The first-order chi connectivity index (χ1) is 11.4. The van der Waals surface area contributed by atoms with Gasteiger partial charge in [-0.05, 0) is 31.9 Å². The molecule has 0 fully saturated rings. The largest absolute Gasteiger partial charge is 0.357 e. The van der Waals surface area contributed by atoms with Crippen molar-refractivity contribution in [1.29, 1.82) is 0 Å². The molecule has 0 saturated heterocycles. The van der Waals surface area contributed by atoms with Crippen LogP contribution in [0.5, 0.6) is 0 Å². The SMILES string of the molecule is CCNC(=NCc1ccc(C)s1)N(C)Cc1cn(C)nc1C(C)C. The predicted octanol–water partition coefficient (Wildman–Crippen LogP) is 3.51. The number of aromatic nitrogens is 2. The van der Waals surface area contributed by atoms with Gasteiger partial charge in [0.25, 0.3) is 0 Å². The molecule has 6 heteroatoms. The second-order valence-corrected chi connectivity index (χ2v) is 7.78. The zero-order valence-corrected chi connectivity index (χ0v) is 16.4. The summed E-state index contributed by atoms with van der Waals surface area (Å²) in [6, 6.07) is 4.31. The molecule has 2 aromatic rings. The van der Waals surface area contributed by atoms with E-state index in [9.17, 15) is 0 Å². The number of aryl methyl sites for hydroxylation is 2. The average Bonchev–Trinajstić information content (AvgIpc) is 3.09. The van der Waals surface area contributed by atoms with Crippen LogP contribution in [-0.4, -0.2) is 34.2 Å². The maximum Gasteiger partial charge on any atom is 0.194 e. The molecule has 24 heavy (non-hydrogen) atoms. The number of nitrogens with one attached hydrogen (secondary N) is 1. The van der Waals surface area contributed by atoms with Crippen LogP contribution in [0.15, 0.2) is 23.3 Å². The lowest BCUT2D eigenvalue weighted by Crippen LogP contribution is -2.38. The fourth-order valence-corrected chi connectivity index (χ4v) is 3.50. The van der Waals surface area contributed by atoms with Crippen LogP contribution in [0.4, 0.5) is 0 Å². The van der Waals surface area contributed by atoms with E-state index in [1.807, 2.05) is 11.7 Å². The third-order valence-corrected chi connectivity index (χ3v) is 4.75. The van der Waals surface area contributed by atoms with Gasteiger partial charge in [0.15, 0.2) is 5.96 Å². The van der Waals surface area contributed by atoms with Crippen molar-refractivity contribution < 1.29 is 0 Å². The van der Waals surface area contributed by atoms with Crippen LogP contribution >= 0.6 is 11.3 Å². The van der Waals surface area contributed by atoms with Crippen LogP contribution in [0.3, 0.4) is 0 Å². The third-order valence-electron chi connectivity index (χ3n) is 3.77. The highest BCUT2D eigenvalue weighted by atomic mass is 32.1. The third kappa shape index (κ3) is 4.84. The van der Waals surface area contributed by atoms with Crippen molar-refractivity contribution in [3.63, 3.8) is 0 Å². The summed E-state index contributed by atoms with van der Waals surface area (Å²) in [5.74, 6) is 1.35. The van der Waals surface area contributed by atoms with Crippen molar-refractivity contribution in [3.8, 4) is 0 Å². The van der Waals surface area contributed by atoms with Crippen LogP contribution in [0.25, 0.3) is 0 Å². The lowest BCUT2D eigenvalue weighted by atomic mass is 10.1. The summed E-state index contributed by atoms with van der Waals surface area (Å²) in [6.07, 6.45) is 2.11. The number of aliphatic imine (C=N–C) groups is 1. The summed E-state index contributed by atoms with van der Waals surface area (Å²) >= 11 is 1.81. The van der Waals surface area contributed by atoms with Gasteiger partial charge in [-0.1, -0.05) is 13.8 Å². The molecule has 0 bridgehead atoms. The molecule has 2 aromatic heterocycles. The molecule has 0 radical (unpaired) electrons. The molecule has 0 saturated carbocycles. The molecule has 0 spiro atoms. The number of rotatable bonds is 6. The van der Waals surface area contributed by atoms with Gasteiger partial charge in [0.05, 0.1) is 12.2 Å². The van der Waals surface area contributed by atoms with E-state index in [-0.39, 0.29) is 0 Å². The molecule has 132 valence electrons. The normalized spacial score (nSPS) is 12.0. The summed E-state index contributed by atoms with van der Waals surface area (Å²) in [7, 11) is 4.06. The van der Waals surface area contributed by atoms with E-state index in [1.54, 1.807) is 11.3 Å². The number of hydrogen-bond acceptors (Lipinski definition) is 3. The highest BCUT2D eigenvalue weighted by Crippen LogP contribution is 2.19. The van der Waals surface area contributed by atoms with Crippen LogP contribution in [0.1, 0.15) is 47.7 Å². The predicted molar refractivity (Wildman–Crippen MR) is 103 cm³/mol. The van der Waals surface area contributed by atoms with E-state index in [2.05, 4.69) is 68.4 Å². The first-order valence-electron chi connectivity index (χ1n) is 8.47. The Bertz CT molecular complexity index is 683. The Labute approximate surface area is 149 Å². The minimum absolute atomic E-state index is 0.420. The first kappa shape index (κ1) is 18.5. The summed E-state index contributed by atoms with van der Waals surface area (Å²) < 4.78 is 1.90. The molecule has 0 atom stereocenters. The van der Waals surface area contributed by atoms with E-state index in [0.717, 1.165) is 31.3 Å². The van der Waals surface area contributed by atoms with E-state index in [1.165, 1.54) is 15.3 Å². The van der Waals surface area contributed by atoms with Crippen LogP contribution in [0.2, 0.25) is 0 Å². The van der Waals surface area contributed by atoms with Crippen LogP contribution in [-0.2, 0) is 20.1 Å². The average molecular weight is 348 g/mol. The second-order valence-electron chi connectivity index (χ2n) is 6.41. The van der Waals surface area contributed by atoms with E-state index in [4.69, 9.17) is 4.99 Å². The van der Waals surface area contributed by atoms with Gasteiger partial charge < -0.3 is 10.2 Å². The van der Waals surface area contributed by atoms with E-state index >= 15 is 0 Å². The van der Waals surface area contributed by atoms with Gasteiger partial charge in [-0.25, -0.2) is 4.99 Å². The zero-order chi connectivity index (χ0) is 17.7. The second kappa shape index (κ2) is 8.33. The Hall–Kier alpha value is -1.82. The highest BCUT2D eigenvalue weighted by Gasteiger charge is 2.15. The molecular weight excluding hydrogens is 318 g/mol. The maximum absolute atomic E-state index is 4.79. The minimum Gasteiger partial charge on any atom is -0.357 e. The van der Waals surface area contributed by atoms with E-state index in [0.29, 0.717) is 5.92 Å². The molecule has 2 rings (SSSR count). The van der Waals surface area contributed by atoms with Crippen molar-refractivity contribution in [2.45, 2.75) is 46.7 Å². The van der Waals surface area contributed by atoms with Crippen molar-refractivity contribution in [2.75, 3.05) is 13.6 Å². The van der Waals surface area contributed by atoms with Gasteiger partial charge in [-0.3, -0.25) is 4.68 Å². The smallest absolute Gasteiger partial charge is 0.194 e. The molecule has 0 aliphatic carbocycles. The van der Waals surface area contributed by atoms with Crippen molar-refractivity contribution in [1.82, 2.24) is 20.0 Å². The van der Waals surface area contributed by atoms with Gasteiger partial charge in [-0.15, -0.1) is 11.3 Å². The molecule has 0 aromatic carbocycles. The Morgan fingerprint density at radius 1 is 1.42 bits per heavy atom. The summed E-state index contributed by atoms with van der Waals surface area (Å²) in [5.41, 5.74) is 2.42. The standard InChI is InChI=1S/C18H29N5S/c1-7-19-18(20-10-16-9-8-14(4)24-16)22(5)11-15-12-23(6)21-17(15)13(2)3/h8-9,12-13H,7,10-11H2,1-6H3,(H,19,20). The lowest BCUT2D eigenvalue weighted by molar-refractivity contribution is 0.473. The van der Waals surface area contributed by atoms with Crippen LogP contribution in [0, 0.1) is 6.92 Å². The molecule has 5 nitrogen and oxygen atoms in total. The van der Waals surface area contributed by atoms with Gasteiger partial charge in [0.1, 0.15) is 0 Å². The Morgan fingerprint density at radius 3 is 2.75 bits per heavy atom.